The van der Waals surface area contributed by atoms with Gasteiger partial charge in [0.05, 0.1) is 0 Å². The monoisotopic (exact) mass is 183 g/mol. The summed E-state index contributed by atoms with van der Waals surface area (Å²) in [7, 11) is 1.73. The Morgan fingerprint density at radius 2 is 2.31 bits per heavy atom. The smallest absolute Gasteiger partial charge is 0.0480 e. The van der Waals surface area contributed by atoms with Gasteiger partial charge in [0.15, 0.2) is 0 Å². The maximum Gasteiger partial charge on any atom is 0.0480 e. The zero-order valence-corrected chi connectivity index (χ0v) is 8.59. The zero-order chi connectivity index (χ0) is 9.52. The number of allylic oxidation sites excluding steroid dienone is 1. The molecule has 1 rings (SSSR count). The molecule has 1 aliphatic rings. The number of methoxy groups -OCH3 is 1. The van der Waals surface area contributed by atoms with E-state index in [-0.39, 0.29) is 6.04 Å². The maximum atomic E-state index is 6.06. The summed E-state index contributed by atoms with van der Waals surface area (Å²) < 4.78 is 5.03. The fraction of sp³-hybridized carbons (Fsp3) is 0.818. The summed E-state index contributed by atoms with van der Waals surface area (Å²) in [6.45, 7) is 0.776. The van der Waals surface area contributed by atoms with E-state index >= 15 is 0 Å². The summed E-state index contributed by atoms with van der Waals surface area (Å²) in [5.41, 5.74) is 7.51. The molecule has 0 aromatic rings. The van der Waals surface area contributed by atoms with Gasteiger partial charge < -0.3 is 10.5 Å². The number of rotatable bonds is 4. The van der Waals surface area contributed by atoms with Gasteiger partial charge in [-0.05, 0) is 32.1 Å². The molecule has 2 heteroatoms. The molecule has 1 unspecified atom stereocenters. The molecule has 0 aromatic carbocycles. The number of hydrogen-bond donors (Lipinski definition) is 1. The second-order valence-electron chi connectivity index (χ2n) is 3.77. The Morgan fingerprint density at radius 1 is 1.46 bits per heavy atom. The van der Waals surface area contributed by atoms with Crippen molar-refractivity contribution in [1.82, 2.24) is 0 Å². The first-order valence-electron chi connectivity index (χ1n) is 5.28. The molecule has 0 radical (unpaired) electrons. The van der Waals surface area contributed by atoms with Crippen LogP contribution in [0, 0.1) is 0 Å². The highest BCUT2D eigenvalue weighted by atomic mass is 16.5. The van der Waals surface area contributed by atoms with E-state index in [2.05, 4.69) is 6.08 Å². The third-order valence-electron chi connectivity index (χ3n) is 2.69. The quantitative estimate of drug-likeness (QED) is 0.678. The zero-order valence-electron chi connectivity index (χ0n) is 8.59. The van der Waals surface area contributed by atoms with Crippen molar-refractivity contribution >= 4 is 0 Å². The van der Waals surface area contributed by atoms with E-state index in [0.29, 0.717) is 0 Å². The van der Waals surface area contributed by atoms with Crippen LogP contribution in [-0.2, 0) is 4.74 Å². The summed E-state index contributed by atoms with van der Waals surface area (Å²) in [5, 5.41) is 0. The lowest BCUT2D eigenvalue weighted by atomic mass is 10.0. The summed E-state index contributed by atoms with van der Waals surface area (Å²) in [6, 6.07) is 0.234. The minimum atomic E-state index is 0.234. The van der Waals surface area contributed by atoms with Gasteiger partial charge in [-0.15, -0.1) is 0 Å². The largest absolute Gasteiger partial charge is 0.385 e. The molecule has 0 spiro atoms. The molecule has 0 bridgehead atoms. The Hall–Kier alpha value is -0.340. The topological polar surface area (TPSA) is 35.2 Å². The highest BCUT2D eigenvalue weighted by Crippen LogP contribution is 2.20. The van der Waals surface area contributed by atoms with Gasteiger partial charge >= 0.3 is 0 Å². The lowest BCUT2D eigenvalue weighted by Crippen LogP contribution is -2.24. The molecule has 0 aromatic heterocycles. The summed E-state index contributed by atoms with van der Waals surface area (Å²) in [6.07, 6.45) is 9.72. The predicted molar refractivity (Wildman–Crippen MR) is 55.6 cm³/mol. The molecule has 0 fully saturated rings. The van der Waals surface area contributed by atoms with Gasteiger partial charge in [0.2, 0.25) is 0 Å². The fourth-order valence-electron chi connectivity index (χ4n) is 1.81. The van der Waals surface area contributed by atoms with Gasteiger partial charge in [-0.1, -0.05) is 18.1 Å². The Kier molecular flexibility index (Phi) is 5.09. The first-order chi connectivity index (χ1) is 6.34. The van der Waals surface area contributed by atoms with Gasteiger partial charge in [0.25, 0.3) is 0 Å². The van der Waals surface area contributed by atoms with Crippen molar-refractivity contribution in [2.75, 3.05) is 13.7 Å². The van der Waals surface area contributed by atoms with Crippen LogP contribution in [0.2, 0.25) is 0 Å². The molecule has 2 nitrogen and oxygen atoms in total. The van der Waals surface area contributed by atoms with Crippen LogP contribution in [-0.4, -0.2) is 19.8 Å². The Balaban J connectivity index is 2.34. The minimum Gasteiger partial charge on any atom is -0.385 e. The van der Waals surface area contributed by atoms with Crippen molar-refractivity contribution in [3.8, 4) is 0 Å². The molecule has 0 aliphatic heterocycles. The lowest BCUT2D eigenvalue weighted by molar-refractivity contribution is 0.190. The molecular weight excluding hydrogens is 162 g/mol. The van der Waals surface area contributed by atoms with Gasteiger partial charge in [-0.25, -0.2) is 0 Å². The van der Waals surface area contributed by atoms with E-state index in [1.807, 2.05) is 0 Å². The van der Waals surface area contributed by atoms with Gasteiger partial charge in [0.1, 0.15) is 0 Å². The van der Waals surface area contributed by atoms with Crippen molar-refractivity contribution in [3.05, 3.63) is 11.6 Å². The summed E-state index contributed by atoms with van der Waals surface area (Å²) in [5.74, 6) is 0. The molecule has 0 heterocycles. The first kappa shape index (κ1) is 10.7. The molecule has 0 saturated carbocycles. The van der Waals surface area contributed by atoms with Crippen LogP contribution in [0.5, 0.6) is 0 Å². The molecular formula is C11H21NO. The number of hydrogen-bond acceptors (Lipinski definition) is 2. The van der Waals surface area contributed by atoms with Crippen molar-refractivity contribution in [2.45, 2.75) is 44.6 Å². The summed E-state index contributed by atoms with van der Waals surface area (Å²) >= 11 is 0. The van der Waals surface area contributed by atoms with Gasteiger partial charge in [0, 0.05) is 19.8 Å². The van der Waals surface area contributed by atoms with Crippen LogP contribution in [0.25, 0.3) is 0 Å². The SMILES string of the molecule is COCCC(N)C1=CCCCCC1. The van der Waals surface area contributed by atoms with E-state index in [4.69, 9.17) is 10.5 Å². The van der Waals surface area contributed by atoms with Crippen LogP contribution in [0.3, 0.4) is 0 Å². The first-order valence-corrected chi connectivity index (χ1v) is 5.28. The normalized spacial score (nSPS) is 20.6. The van der Waals surface area contributed by atoms with E-state index in [0.717, 1.165) is 13.0 Å². The fourth-order valence-corrected chi connectivity index (χ4v) is 1.81. The van der Waals surface area contributed by atoms with Crippen LogP contribution < -0.4 is 5.73 Å². The van der Waals surface area contributed by atoms with Crippen molar-refractivity contribution in [3.63, 3.8) is 0 Å². The third-order valence-corrected chi connectivity index (χ3v) is 2.69. The average molecular weight is 183 g/mol. The molecule has 0 amide bonds. The third kappa shape index (κ3) is 3.92. The van der Waals surface area contributed by atoms with Crippen LogP contribution in [0.1, 0.15) is 38.5 Å². The molecule has 13 heavy (non-hydrogen) atoms. The number of ether oxygens (including phenoxy) is 1. The lowest BCUT2D eigenvalue weighted by Gasteiger charge is -2.14. The molecule has 2 N–H and O–H groups in total. The predicted octanol–water partition coefficient (Wildman–Crippen LogP) is 2.24. The summed E-state index contributed by atoms with van der Waals surface area (Å²) in [4.78, 5) is 0. The Morgan fingerprint density at radius 3 is 3.08 bits per heavy atom. The number of nitrogens with two attached hydrogens (primary N) is 1. The van der Waals surface area contributed by atoms with E-state index in [1.165, 1.54) is 37.7 Å². The highest BCUT2D eigenvalue weighted by Gasteiger charge is 2.10. The second-order valence-corrected chi connectivity index (χ2v) is 3.77. The van der Waals surface area contributed by atoms with E-state index < -0.39 is 0 Å². The maximum absolute atomic E-state index is 6.06. The molecule has 76 valence electrons. The average Bonchev–Trinajstić information content (AvgIpc) is 2.42. The van der Waals surface area contributed by atoms with Crippen LogP contribution in [0.4, 0.5) is 0 Å². The molecule has 0 saturated heterocycles. The van der Waals surface area contributed by atoms with Gasteiger partial charge in [-0.2, -0.15) is 0 Å². The minimum absolute atomic E-state index is 0.234. The van der Waals surface area contributed by atoms with Gasteiger partial charge in [-0.3, -0.25) is 0 Å². The van der Waals surface area contributed by atoms with E-state index in [1.54, 1.807) is 7.11 Å². The van der Waals surface area contributed by atoms with Crippen molar-refractivity contribution < 1.29 is 4.74 Å². The van der Waals surface area contributed by atoms with Crippen LogP contribution >= 0.6 is 0 Å². The standard InChI is InChI=1S/C11H21NO/c1-13-9-8-11(12)10-6-4-2-3-5-7-10/h6,11H,2-5,7-9,12H2,1H3. The van der Waals surface area contributed by atoms with Crippen LogP contribution in [0.15, 0.2) is 11.6 Å². The van der Waals surface area contributed by atoms with Crippen molar-refractivity contribution in [1.29, 1.82) is 0 Å². The Labute approximate surface area is 81.1 Å². The highest BCUT2D eigenvalue weighted by molar-refractivity contribution is 5.11. The Bertz CT molecular complexity index is 165. The second kappa shape index (κ2) is 6.17. The van der Waals surface area contributed by atoms with E-state index in [9.17, 15) is 0 Å². The molecule has 1 atom stereocenters. The molecule has 1 aliphatic carbocycles. The van der Waals surface area contributed by atoms with Crippen molar-refractivity contribution in [2.24, 2.45) is 5.73 Å².